The summed E-state index contributed by atoms with van der Waals surface area (Å²) in [7, 11) is 0. The summed E-state index contributed by atoms with van der Waals surface area (Å²) in [4.78, 5) is 11.5. The molecular formula is C10H10ClNO. The molecule has 1 aromatic rings. The van der Waals surface area contributed by atoms with Crippen LogP contribution in [0.4, 0.5) is 5.69 Å². The minimum atomic E-state index is 0.177. The molecule has 1 aromatic carbocycles. The van der Waals surface area contributed by atoms with E-state index in [4.69, 9.17) is 11.6 Å². The number of halogens is 1. The molecule has 1 N–H and O–H groups in total. The second kappa shape index (κ2) is 3.04. The van der Waals surface area contributed by atoms with Crippen molar-refractivity contribution >= 4 is 23.1 Å². The molecule has 0 aliphatic carbocycles. The summed E-state index contributed by atoms with van der Waals surface area (Å²) in [5.74, 6) is 0.177. The van der Waals surface area contributed by atoms with E-state index in [1.165, 1.54) is 0 Å². The van der Waals surface area contributed by atoms with Gasteiger partial charge in [0.05, 0.1) is 10.7 Å². The molecule has 13 heavy (non-hydrogen) atoms. The highest BCUT2D eigenvalue weighted by Gasteiger charge is 2.19. The summed E-state index contributed by atoms with van der Waals surface area (Å²) < 4.78 is 0. The van der Waals surface area contributed by atoms with E-state index in [2.05, 4.69) is 5.32 Å². The lowest BCUT2D eigenvalue weighted by molar-refractivity contribution is 0.0984. The molecule has 3 heteroatoms. The number of aryl methyl sites for hydroxylation is 1. The van der Waals surface area contributed by atoms with Crippen molar-refractivity contribution in [2.45, 2.75) is 13.3 Å². The van der Waals surface area contributed by atoms with Gasteiger partial charge in [-0.1, -0.05) is 17.7 Å². The molecule has 0 atom stereocenters. The van der Waals surface area contributed by atoms with Crippen LogP contribution in [0.2, 0.25) is 5.02 Å². The normalized spacial score (nSPS) is 15.1. The standard InChI is InChI=1S/C10H10ClNO/c1-6-2-3-7-8(13)4-5-12-10(7)9(6)11/h2-3,12H,4-5H2,1H3. The van der Waals surface area contributed by atoms with Gasteiger partial charge in [-0.05, 0) is 18.6 Å². The van der Waals surface area contributed by atoms with E-state index in [0.29, 0.717) is 18.0 Å². The number of anilines is 1. The van der Waals surface area contributed by atoms with Crippen molar-refractivity contribution in [1.29, 1.82) is 0 Å². The van der Waals surface area contributed by atoms with Crippen LogP contribution in [0.5, 0.6) is 0 Å². The van der Waals surface area contributed by atoms with Crippen molar-refractivity contribution in [2.24, 2.45) is 0 Å². The molecular weight excluding hydrogens is 186 g/mol. The highest BCUT2D eigenvalue weighted by Crippen LogP contribution is 2.32. The van der Waals surface area contributed by atoms with Crippen LogP contribution in [0.25, 0.3) is 0 Å². The molecule has 0 saturated carbocycles. The summed E-state index contributed by atoms with van der Waals surface area (Å²) in [6.07, 6.45) is 0.562. The summed E-state index contributed by atoms with van der Waals surface area (Å²) in [5.41, 5.74) is 2.53. The first-order valence-corrected chi connectivity index (χ1v) is 4.64. The van der Waals surface area contributed by atoms with E-state index in [-0.39, 0.29) is 5.78 Å². The Balaban J connectivity index is 2.63. The molecule has 2 nitrogen and oxygen atoms in total. The Labute approximate surface area is 81.9 Å². The van der Waals surface area contributed by atoms with Crippen molar-refractivity contribution < 1.29 is 4.79 Å². The second-order valence-electron chi connectivity index (χ2n) is 3.22. The van der Waals surface area contributed by atoms with Gasteiger partial charge in [0.1, 0.15) is 0 Å². The largest absolute Gasteiger partial charge is 0.383 e. The Kier molecular flexibility index (Phi) is 2.00. The minimum Gasteiger partial charge on any atom is -0.383 e. The molecule has 2 rings (SSSR count). The van der Waals surface area contributed by atoms with Crippen molar-refractivity contribution in [1.82, 2.24) is 0 Å². The van der Waals surface area contributed by atoms with Gasteiger partial charge in [-0.3, -0.25) is 4.79 Å². The third kappa shape index (κ3) is 1.31. The quantitative estimate of drug-likeness (QED) is 0.690. The Bertz CT molecular complexity index is 373. The SMILES string of the molecule is Cc1ccc2c(c1Cl)NCCC2=O. The molecule has 0 bridgehead atoms. The summed E-state index contributed by atoms with van der Waals surface area (Å²) in [6.45, 7) is 2.62. The van der Waals surface area contributed by atoms with Gasteiger partial charge in [-0.15, -0.1) is 0 Å². The first kappa shape index (κ1) is 8.57. The van der Waals surface area contributed by atoms with E-state index in [0.717, 1.165) is 16.8 Å². The van der Waals surface area contributed by atoms with Gasteiger partial charge in [0, 0.05) is 18.5 Å². The van der Waals surface area contributed by atoms with Gasteiger partial charge in [0.2, 0.25) is 0 Å². The minimum absolute atomic E-state index is 0.177. The molecule has 0 radical (unpaired) electrons. The molecule has 68 valence electrons. The smallest absolute Gasteiger partial charge is 0.166 e. The van der Waals surface area contributed by atoms with Gasteiger partial charge in [0.15, 0.2) is 5.78 Å². The first-order valence-electron chi connectivity index (χ1n) is 4.26. The summed E-state index contributed by atoms with van der Waals surface area (Å²) in [5, 5.41) is 3.82. The lowest BCUT2D eigenvalue weighted by Gasteiger charge is -2.18. The molecule has 0 fully saturated rings. The molecule has 1 heterocycles. The van der Waals surface area contributed by atoms with Crippen LogP contribution >= 0.6 is 11.6 Å². The highest BCUT2D eigenvalue weighted by molar-refractivity contribution is 6.35. The maximum Gasteiger partial charge on any atom is 0.166 e. The lowest BCUT2D eigenvalue weighted by Crippen LogP contribution is -2.18. The van der Waals surface area contributed by atoms with E-state index in [1.54, 1.807) is 0 Å². The summed E-state index contributed by atoms with van der Waals surface area (Å²) >= 11 is 6.06. The number of fused-ring (bicyclic) bond motifs is 1. The van der Waals surface area contributed by atoms with Crippen molar-refractivity contribution in [3.8, 4) is 0 Å². The Morgan fingerprint density at radius 3 is 3.00 bits per heavy atom. The average molecular weight is 196 g/mol. The zero-order valence-corrected chi connectivity index (χ0v) is 8.11. The number of benzene rings is 1. The average Bonchev–Trinajstić information content (AvgIpc) is 2.12. The van der Waals surface area contributed by atoms with E-state index >= 15 is 0 Å². The molecule has 0 unspecified atom stereocenters. The van der Waals surface area contributed by atoms with Crippen LogP contribution in [0.15, 0.2) is 12.1 Å². The van der Waals surface area contributed by atoms with Gasteiger partial charge < -0.3 is 5.32 Å². The maximum absolute atomic E-state index is 11.5. The number of carbonyl (C=O) groups is 1. The van der Waals surface area contributed by atoms with Gasteiger partial charge >= 0.3 is 0 Å². The van der Waals surface area contributed by atoms with Crippen LogP contribution in [0.1, 0.15) is 22.3 Å². The van der Waals surface area contributed by atoms with Crippen molar-refractivity contribution in [3.63, 3.8) is 0 Å². The number of nitrogens with one attached hydrogen (secondary N) is 1. The molecule has 0 amide bonds. The number of hydrogen-bond acceptors (Lipinski definition) is 2. The van der Waals surface area contributed by atoms with Crippen LogP contribution < -0.4 is 5.32 Å². The monoisotopic (exact) mass is 195 g/mol. The third-order valence-electron chi connectivity index (χ3n) is 2.29. The molecule has 1 aliphatic heterocycles. The molecule has 0 aromatic heterocycles. The van der Waals surface area contributed by atoms with Crippen molar-refractivity contribution in [2.75, 3.05) is 11.9 Å². The van der Waals surface area contributed by atoms with Gasteiger partial charge in [-0.2, -0.15) is 0 Å². The zero-order valence-electron chi connectivity index (χ0n) is 7.36. The topological polar surface area (TPSA) is 29.1 Å². The van der Waals surface area contributed by atoms with Crippen LogP contribution in [-0.4, -0.2) is 12.3 Å². The Morgan fingerprint density at radius 1 is 1.46 bits per heavy atom. The summed E-state index contributed by atoms with van der Waals surface area (Å²) in [6, 6.07) is 3.72. The van der Waals surface area contributed by atoms with Crippen LogP contribution in [0.3, 0.4) is 0 Å². The number of carbonyl (C=O) groups excluding carboxylic acids is 1. The number of ketones is 1. The van der Waals surface area contributed by atoms with Gasteiger partial charge in [0.25, 0.3) is 0 Å². The number of hydrogen-bond donors (Lipinski definition) is 1. The van der Waals surface area contributed by atoms with E-state index in [9.17, 15) is 4.79 Å². The second-order valence-corrected chi connectivity index (χ2v) is 3.60. The Hall–Kier alpha value is -1.02. The number of rotatable bonds is 0. The fourth-order valence-corrected chi connectivity index (χ4v) is 1.75. The highest BCUT2D eigenvalue weighted by atomic mass is 35.5. The van der Waals surface area contributed by atoms with Crippen LogP contribution in [-0.2, 0) is 0 Å². The first-order chi connectivity index (χ1) is 6.20. The third-order valence-corrected chi connectivity index (χ3v) is 2.78. The van der Waals surface area contributed by atoms with Crippen LogP contribution in [0, 0.1) is 6.92 Å². The van der Waals surface area contributed by atoms with E-state index in [1.807, 2.05) is 19.1 Å². The predicted molar refractivity (Wildman–Crippen MR) is 53.6 cm³/mol. The van der Waals surface area contributed by atoms with Crippen molar-refractivity contribution in [3.05, 3.63) is 28.3 Å². The lowest BCUT2D eigenvalue weighted by atomic mass is 10.0. The van der Waals surface area contributed by atoms with E-state index < -0.39 is 0 Å². The number of Topliss-reactive ketones (excluding diaryl/α,β-unsaturated/α-hetero) is 1. The fraction of sp³-hybridized carbons (Fsp3) is 0.300. The predicted octanol–water partition coefficient (Wildman–Crippen LogP) is 2.65. The fourth-order valence-electron chi connectivity index (χ4n) is 1.52. The molecule has 1 aliphatic rings. The Morgan fingerprint density at radius 2 is 2.23 bits per heavy atom. The molecule has 0 spiro atoms. The maximum atomic E-state index is 11.5. The molecule has 0 saturated heterocycles. The van der Waals surface area contributed by atoms with Gasteiger partial charge in [-0.25, -0.2) is 0 Å². The zero-order chi connectivity index (χ0) is 9.42.